The van der Waals surface area contributed by atoms with Crippen LogP contribution in [0.2, 0.25) is 0 Å². The first-order chi connectivity index (χ1) is 10.1. The van der Waals surface area contributed by atoms with Crippen molar-refractivity contribution in [2.75, 3.05) is 0 Å². The number of ketones is 1. The molecule has 106 valence electrons. The molecule has 0 aliphatic carbocycles. The first kappa shape index (κ1) is 15.5. The number of carbonyl (C=O) groups excluding carboxylic acids is 1. The van der Waals surface area contributed by atoms with Crippen LogP contribution in [0.5, 0.6) is 0 Å². The van der Waals surface area contributed by atoms with Gasteiger partial charge in [0.15, 0.2) is 0 Å². The SMILES string of the molecule is O=C(C=NO)C(=C(Cl)c1ccc(Br)cc1)c1ccccc1. The minimum Gasteiger partial charge on any atom is -0.411 e. The molecule has 3 nitrogen and oxygen atoms in total. The van der Waals surface area contributed by atoms with Crippen molar-refractivity contribution in [2.45, 2.75) is 0 Å². The third-order valence-corrected chi connectivity index (χ3v) is 3.74. The number of hydrogen-bond donors (Lipinski definition) is 1. The van der Waals surface area contributed by atoms with Crippen molar-refractivity contribution in [1.29, 1.82) is 0 Å². The molecule has 0 aliphatic heterocycles. The largest absolute Gasteiger partial charge is 0.411 e. The van der Waals surface area contributed by atoms with Gasteiger partial charge in [0.2, 0.25) is 5.78 Å². The normalized spacial score (nSPS) is 12.3. The zero-order valence-electron chi connectivity index (χ0n) is 10.8. The highest BCUT2D eigenvalue weighted by molar-refractivity contribution is 9.10. The predicted molar refractivity (Wildman–Crippen MR) is 88.5 cm³/mol. The zero-order valence-corrected chi connectivity index (χ0v) is 13.2. The van der Waals surface area contributed by atoms with Gasteiger partial charge >= 0.3 is 0 Å². The molecule has 0 aromatic heterocycles. The van der Waals surface area contributed by atoms with Crippen molar-refractivity contribution in [2.24, 2.45) is 5.16 Å². The highest BCUT2D eigenvalue weighted by Gasteiger charge is 2.16. The summed E-state index contributed by atoms with van der Waals surface area (Å²) in [6.07, 6.45) is 0.837. The van der Waals surface area contributed by atoms with Crippen LogP contribution >= 0.6 is 27.5 Å². The quantitative estimate of drug-likeness (QED) is 0.284. The van der Waals surface area contributed by atoms with E-state index in [1.54, 1.807) is 24.3 Å². The Morgan fingerprint density at radius 1 is 1.05 bits per heavy atom. The van der Waals surface area contributed by atoms with Gasteiger partial charge in [-0.15, -0.1) is 0 Å². The van der Waals surface area contributed by atoms with E-state index in [1.165, 1.54) is 0 Å². The maximum absolute atomic E-state index is 12.2. The topological polar surface area (TPSA) is 49.7 Å². The van der Waals surface area contributed by atoms with Crippen molar-refractivity contribution < 1.29 is 10.0 Å². The average molecular weight is 365 g/mol. The van der Waals surface area contributed by atoms with Crippen LogP contribution in [0.25, 0.3) is 10.6 Å². The van der Waals surface area contributed by atoms with Crippen molar-refractivity contribution >= 4 is 50.1 Å². The fraction of sp³-hybridized carbons (Fsp3) is 0. The third kappa shape index (κ3) is 3.80. The van der Waals surface area contributed by atoms with Crippen molar-refractivity contribution in [1.82, 2.24) is 0 Å². The van der Waals surface area contributed by atoms with Gasteiger partial charge in [0, 0.05) is 4.47 Å². The first-order valence-electron chi connectivity index (χ1n) is 6.06. The molecule has 0 radical (unpaired) electrons. The Kier molecular flexibility index (Phi) is 5.31. The second kappa shape index (κ2) is 7.20. The van der Waals surface area contributed by atoms with Gasteiger partial charge in [-0.1, -0.05) is 75.2 Å². The lowest BCUT2D eigenvalue weighted by Gasteiger charge is -2.08. The van der Waals surface area contributed by atoms with E-state index in [2.05, 4.69) is 21.1 Å². The molecule has 0 spiro atoms. The third-order valence-electron chi connectivity index (χ3n) is 2.80. The number of hydrogen-bond acceptors (Lipinski definition) is 3. The smallest absolute Gasteiger partial charge is 0.209 e. The molecule has 0 heterocycles. The number of rotatable bonds is 4. The molecule has 21 heavy (non-hydrogen) atoms. The minimum absolute atomic E-state index is 0.289. The molecule has 0 saturated carbocycles. The first-order valence-corrected chi connectivity index (χ1v) is 7.23. The van der Waals surface area contributed by atoms with Crippen LogP contribution in [0.1, 0.15) is 11.1 Å². The summed E-state index contributed by atoms with van der Waals surface area (Å²) in [5.74, 6) is -0.461. The molecule has 0 bridgehead atoms. The molecule has 2 aromatic carbocycles. The van der Waals surface area contributed by atoms with Gasteiger partial charge in [-0.3, -0.25) is 4.79 Å². The Labute approximate surface area is 135 Å². The molecule has 0 unspecified atom stereocenters. The molecule has 5 heteroatoms. The number of benzene rings is 2. The summed E-state index contributed by atoms with van der Waals surface area (Å²) < 4.78 is 0.917. The highest BCUT2D eigenvalue weighted by Crippen LogP contribution is 2.30. The van der Waals surface area contributed by atoms with Gasteiger partial charge in [0.1, 0.15) is 6.21 Å². The van der Waals surface area contributed by atoms with Crippen molar-refractivity contribution in [3.05, 3.63) is 70.2 Å². The molecular formula is C16H11BrClNO2. The van der Waals surface area contributed by atoms with Gasteiger partial charge in [-0.05, 0) is 23.3 Å². The Hall–Kier alpha value is -1.91. The standard InChI is InChI=1S/C16H11BrClNO2/c17-13-8-6-12(7-9-13)16(18)15(14(20)10-19-21)11-4-2-1-3-5-11/h1-10,21H. The second-order valence-corrected chi connectivity index (χ2v) is 5.46. The monoisotopic (exact) mass is 363 g/mol. The van der Waals surface area contributed by atoms with E-state index < -0.39 is 5.78 Å². The van der Waals surface area contributed by atoms with E-state index in [0.29, 0.717) is 16.2 Å². The number of halogens is 2. The summed E-state index contributed by atoms with van der Waals surface area (Å²) in [6, 6.07) is 16.3. The fourth-order valence-corrected chi connectivity index (χ4v) is 2.43. The Morgan fingerprint density at radius 3 is 2.24 bits per heavy atom. The van der Waals surface area contributed by atoms with E-state index in [1.807, 2.05) is 30.3 Å². The molecular weight excluding hydrogens is 354 g/mol. The van der Waals surface area contributed by atoms with Crippen molar-refractivity contribution in [3.63, 3.8) is 0 Å². The lowest BCUT2D eigenvalue weighted by molar-refractivity contribution is -0.107. The van der Waals surface area contributed by atoms with Crippen molar-refractivity contribution in [3.8, 4) is 0 Å². The summed E-state index contributed by atoms with van der Waals surface area (Å²) in [7, 11) is 0. The summed E-state index contributed by atoms with van der Waals surface area (Å²) >= 11 is 9.74. The molecule has 0 fully saturated rings. The predicted octanol–water partition coefficient (Wildman–Crippen LogP) is 4.59. The van der Waals surface area contributed by atoms with Gasteiger partial charge in [0.25, 0.3) is 0 Å². The summed E-state index contributed by atoms with van der Waals surface area (Å²) in [4.78, 5) is 12.2. The van der Waals surface area contributed by atoms with Crippen LogP contribution < -0.4 is 0 Å². The summed E-state index contributed by atoms with van der Waals surface area (Å²) in [5.41, 5.74) is 1.66. The highest BCUT2D eigenvalue weighted by atomic mass is 79.9. The molecule has 0 amide bonds. The molecule has 2 aromatic rings. The molecule has 0 saturated heterocycles. The lowest BCUT2D eigenvalue weighted by atomic mass is 9.99. The van der Waals surface area contributed by atoms with Crippen LogP contribution in [-0.2, 0) is 4.79 Å². The van der Waals surface area contributed by atoms with E-state index in [0.717, 1.165) is 10.7 Å². The molecule has 2 rings (SSSR count). The number of carbonyl (C=O) groups is 1. The van der Waals surface area contributed by atoms with Gasteiger partial charge < -0.3 is 5.21 Å². The minimum atomic E-state index is -0.461. The number of Topliss-reactive ketones (excluding diaryl/α,β-unsaturated/α-hetero) is 1. The van der Waals surface area contributed by atoms with Gasteiger partial charge in [-0.2, -0.15) is 0 Å². The molecule has 1 N–H and O–H groups in total. The van der Waals surface area contributed by atoms with Crippen LogP contribution in [0.4, 0.5) is 0 Å². The average Bonchev–Trinajstić information content (AvgIpc) is 2.49. The zero-order chi connectivity index (χ0) is 15.2. The van der Waals surface area contributed by atoms with E-state index in [4.69, 9.17) is 16.8 Å². The van der Waals surface area contributed by atoms with E-state index >= 15 is 0 Å². The van der Waals surface area contributed by atoms with Crippen LogP contribution in [0, 0.1) is 0 Å². The summed E-state index contributed by atoms with van der Waals surface area (Å²) in [5, 5.41) is 11.7. The number of nitrogens with zero attached hydrogens (tertiary/aromatic N) is 1. The van der Waals surface area contributed by atoms with Crippen LogP contribution in [0.3, 0.4) is 0 Å². The van der Waals surface area contributed by atoms with E-state index in [9.17, 15) is 4.79 Å². The number of allylic oxidation sites excluding steroid dienone is 1. The van der Waals surface area contributed by atoms with Crippen LogP contribution in [-0.4, -0.2) is 17.2 Å². The molecule has 0 aliphatic rings. The van der Waals surface area contributed by atoms with Gasteiger partial charge in [-0.25, -0.2) is 0 Å². The maximum Gasteiger partial charge on any atom is 0.209 e. The summed E-state index contributed by atoms with van der Waals surface area (Å²) in [6.45, 7) is 0. The van der Waals surface area contributed by atoms with E-state index in [-0.39, 0.29) is 5.57 Å². The lowest BCUT2D eigenvalue weighted by Crippen LogP contribution is -2.05. The Balaban J connectivity index is 2.60. The van der Waals surface area contributed by atoms with Crippen LogP contribution in [0.15, 0.2) is 64.2 Å². The van der Waals surface area contributed by atoms with Gasteiger partial charge in [0.05, 0.1) is 10.6 Å². The Bertz CT molecular complexity index is 694. The second-order valence-electron chi connectivity index (χ2n) is 4.17. The maximum atomic E-state index is 12.2. The molecule has 0 atom stereocenters. The Morgan fingerprint density at radius 2 is 1.67 bits per heavy atom. The fourth-order valence-electron chi connectivity index (χ4n) is 1.84. The number of oxime groups is 1.